The van der Waals surface area contributed by atoms with Gasteiger partial charge in [0.1, 0.15) is 29.7 Å². The number of carbonyl (C=O) groups excluding carboxylic acids is 2. The molecule has 6 nitrogen and oxygen atoms in total. The van der Waals surface area contributed by atoms with Gasteiger partial charge in [-0.15, -0.1) is 0 Å². The Kier molecular flexibility index (Phi) is 4.93. The van der Waals surface area contributed by atoms with Gasteiger partial charge in [-0.3, -0.25) is 0 Å². The van der Waals surface area contributed by atoms with E-state index < -0.39 is 23.7 Å². The van der Waals surface area contributed by atoms with E-state index in [1.807, 2.05) is 12.2 Å². The maximum Gasteiger partial charge on any atom is 0.408 e. The van der Waals surface area contributed by atoms with Gasteiger partial charge in [0.15, 0.2) is 0 Å². The van der Waals surface area contributed by atoms with Crippen LogP contribution in [0.2, 0.25) is 0 Å². The highest BCUT2D eigenvalue weighted by molar-refractivity contribution is 5.82. The van der Waals surface area contributed by atoms with Crippen molar-refractivity contribution >= 4 is 18.1 Å². The first-order chi connectivity index (χ1) is 10.7. The van der Waals surface area contributed by atoms with Gasteiger partial charge >= 0.3 is 12.1 Å². The number of amides is 1. The fourth-order valence-electron chi connectivity index (χ4n) is 1.91. The third-order valence-electron chi connectivity index (χ3n) is 2.92. The van der Waals surface area contributed by atoms with Crippen molar-refractivity contribution in [2.75, 3.05) is 6.61 Å². The predicted molar refractivity (Wildman–Crippen MR) is 85.4 cm³/mol. The number of alkyl carbamates (subject to hydrolysis) is 1. The predicted octanol–water partition coefficient (Wildman–Crippen LogP) is 2.91. The van der Waals surface area contributed by atoms with Crippen LogP contribution in [0, 0.1) is 0 Å². The highest BCUT2D eigenvalue weighted by Crippen LogP contribution is 2.28. The SMILES string of the molecule is C[C@H](NC(=O)OC(C)(C)C)C(=O)Oc1ccc2c(c1)C=CCO2. The third kappa shape index (κ3) is 5.02. The van der Waals surface area contributed by atoms with Crippen molar-refractivity contribution in [2.24, 2.45) is 0 Å². The average Bonchev–Trinajstić information content (AvgIpc) is 2.45. The monoisotopic (exact) mass is 319 g/mol. The van der Waals surface area contributed by atoms with Crippen LogP contribution in [0.3, 0.4) is 0 Å². The van der Waals surface area contributed by atoms with Crippen LogP contribution in [0.4, 0.5) is 4.79 Å². The van der Waals surface area contributed by atoms with Gasteiger partial charge in [0.05, 0.1) is 0 Å². The summed E-state index contributed by atoms with van der Waals surface area (Å²) >= 11 is 0. The third-order valence-corrected chi connectivity index (χ3v) is 2.92. The van der Waals surface area contributed by atoms with Gasteiger partial charge in [0.25, 0.3) is 0 Å². The molecule has 23 heavy (non-hydrogen) atoms. The number of benzene rings is 1. The Morgan fingerprint density at radius 2 is 2.04 bits per heavy atom. The van der Waals surface area contributed by atoms with Gasteiger partial charge in [0.2, 0.25) is 0 Å². The molecular weight excluding hydrogens is 298 g/mol. The zero-order chi connectivity index (χ0) is 17.0. The molecule has 0 fully saturated rings. The maximum atomic E-state index is 12.0. The zero-order valence-electron chi connectivity index (χ0n) is 13.7. The van der Waals surface area contributed by atoms with Crippen LogP contribution < -0.4 is 14.8 Å². The highest BCUT2D eigenvalue weighted by Gasteiger charge is 2.22. The Morgan fingerprint density at radius 1 is 1.30 bits per heavy atom. The molecule has 1 aliphatic heterocycles. The summed E-state index contributed by atoms with van der Waals surface area (Å²) in [7, 11) is 0. The van der Waals surface area contributed by atoms with Crippen molar-refractivity contribution in [3.63, 3.8) is 0 Å². The Morgan fingerprint density at radius 3 is 2.74 bits per heavy atom. The van der Waals surface area contributed by atoms with Crippen LogP contribution in [-0.2, 0) is 9.53 Å². The second-order valence-electron chi connectivity index (χ2n) is 6.20. The van der Waals surface area contributed by atoms with Crippen molar-refractivity contribution in [1.29, 1.82) is 0 Å². The summed E-state index contributed by atoms with van der Waals surface area (Å²) in [4.78, 5) is 23.7. The zero-order valence-corrected chi connectivity index (χ0v) is 13.7. The molecule has 1 atom stereocenters. The largest absolute Gasteiger partial charge is 0.489 e. The molecule has 0 saturated heterocycles. The number of fused-ring (bicyclic) bond motifs is 1. The minimum atomic E-state index is -0.826. The van der Waals surface area contributed by atoms with E-state index in [9.17, 15) is 9.59 Å². The summed E-state index contributed by atoms with van der Waals surface area (Å²) in [6, 6.07) is 4.28. The second-order valence-corrected chi connectivity index (χ2v) is 6.20. The van der Waals surface area contributed by atoms with Crippen LogP contribution in [0.1, 0.15) is 33.3 Å². The van der Waals surface area contributed by atoms with Crippen LogP contribution in [-0.4, -0.2) is 30.3 Å². The maximum absolute atomic E-state index is 12.0. The molecule has 0 saturated carbocycles. The van der Waals surface area contributed by atoms with Gasteiger partial charge in [0, 0.05) is 5.56 Å². The summed E-state index contributed by atoms with van der Waals surface area (Å²) in [5.74, 6) is 0.561. The lowest BCUT2D eigenvalue weighted by Crippen LogP contribution is -2.43. The van der Waals surface area contributed by atoms with E-state index in [2.05, 4.69) is 5.32 Å². The Labute approximate surface area is 135 Å². The molecule has 2 rings (SSSR count). The lowest BCUT2D eigenvalue weighted by Gasteiger charge is -2.21. The number of hydrogen-bond donors (Lipinski definition) is 1. The molecule has 1 heterocycles. The molecule has 124 valence electrons. The molecule has 0 radical (unpaired) electrons. The molecule has 0 aliphatic carbocycles. The van der Waals surface area contributed by atoms with Crippen LogP contribution in [0.15, 0.2) is 24.3 Å². The number of rotatable bonds is 3. The minimum absolute atomic E-state index is 0.390. The van der Waals surface area contributed by atoms with Crippen molar-refractivity contribution in [1.82, 2.24) is 5.32 Å². The number of nitrogens with one attached hydrogen (secondary N) is 1. The Bertz CT molecular complexity index is 630. The van der Waals surface area contributed by atoms with Gasteiger partial charge in [-0.1, -0.05) is 6.08 Å². The van der Waals surface area contributed by atoms with E-state index in [1.54, 1.807) is 39.0 Å². The summed E-state index contributed by atoms with van der Waals surface area (Å²) in [5.41, 5.74) is 0.215. The Balaban J connectivity index is 1.94. The molecule has 0 spiro atoms. The number of esters is 1. The first-order valence-corrected chi connectivity index (χ1v) is 7.39. The summed E-state index contributed by atoms with van der Waals surface area (Å²) < 4.78 is 15.8. The fourth-order valence-corrected chi connectivity index (χ4v) is 1.91. The first-order valence-electron chi connectivity index (χ1n) is 7.39. The Hall–Kier alpha value is -2.50. The van der Waals surface area contributed by atoms with E-state index >= 15 is 0 Å². The smallest absolute Gasteiger partial charge is 0.408 e. The molecule has 1 aliphatic rings. The van der Waals surface area contributed by atoms with Crippen LogP contribution in [0.5, 0.6) is 11.5 Å². The molecule has 1 aromatic rings. The summed E-state index contributed by atoms with van der Waals surface area (Å²) in [5, 5.41) is 2.44. The number of hydrogen-bond acceptors (Lipinski definition) is 5. The lowest BCUT2D eigenvalue weighted by molar-refractivity contribution is -0.136. The minimum Gasteiger partial charge on any atom is -0.489 e. The normalized spacial score (nSPS) is 14.3. The summed E-state index contributed by atoms with van der Waals surface area (Å²) in [6.07, 6.45) is 3.11. The van der Waals surface area contributed by atoms with E-state index in [0.29, 0.717) is 12.4 Å². The van der Waals surface area contributed by atoms with Crippen molar-refractivity contribution in [2.45, 2.75) is 39.3 Å². The van der Waals surface area contributed by atoms with E-state index in [-0.39, 0.29) is 0 Å². The lowest BCUT2D eigenvalue weighted by atomic mass is 10.1. The van der Waals surface area contributed by atoms with Gasteiger partial charge < -0.3 is 19.5 Å². The second kappa shape index (κ2) is 6.73. The molecule has 1 amide bonds. The quantitative estimate of drug-likeness (QED) is 0.685. The first kappa shape index (κ1) is 16.9. The standard InChI is InChI=1S/C17H21NO5/c1-11(18-16(20)23-17(2,3)4)15(19)22-13-7-8-14-12(10-13)6-5-9-21-14/h5-8,10-11H,9H2,1-4H3,(H,18,20)/t11-/m0/s1. The molecule has 0 unspecified atom stereocenters. The van der Waals surface area contributed by atoms with Crippen LogP contribution in [0.25, 0.3) is 6.08 Å². The van der Waals surface area contributed by atoms with E-state index in [0.717, 1.165) is 11.3 Å². The van der Waals surface area contributed by atoms with Crippen LogP contribution >= 0.6 is 0 Å². The molecule has 1 N–H and O–H groups in total. The molecule has 1 aromatic carbocycles. The van der Waals surface area contributed by atoms with Gasteiger partial charge in [-0.25, -0.2) is 9.59 Å². The number of ether oxygens (including phenoxy) is 3. The fraction of sp³-hybridized carbons (Fsp3) is 0.412. The average molecular weight is 319 g/mol. The van der Waals surface area contributed by atoms with E-state index in [1.165, 1.54) is 6.92 Å². The van der Waals surface area contributed by atoms with Gasteiger partial charge in [-0.2, -0.15) is 0 Å². The van der Waals surface area contributed by atoms with Crippen molar-refractivity contribution < 1.29 is 23.8 Å². The molecular formula is C17H21NO5. The van der Waals surface area contributed by atoms with Gasteiger partial charge in [-0.05, 0) is 52.0 Å². The molecule has 0 bridgehead atoms. The number of carbonyl (C=O) groups is 2. The van der Waals surface area contributed by atoms with Crippen molar-refractivity contribution in [3.05, 3.63) is 29.8 Å². The molecule has 6 heteroatoms. The topological polar surface area (TPSA) is 73.9 Å². The van der Waals surface area contributed by atoms with E-state index in [4.69, 9.17) is 14.2 Å². The van der Waals surface area contributed by atoms with Crippen molar-refractivity contribution in [3.8, 4) is 11.5 Å². The summed E-state index contributed by atoms with van der Waals surface area (Å²) in [6.45, 7) is 7.31. The highest BCUT2D eigenvalue weighted by atomic mass is 16.6. The molecule has 0 aromatic heterocycles.